The number of fused-ring (bicyclic) bond motifs is 1. The zero-order valence-electron chi connectivity index (χ0n) is 13.3. The van der Waals surface area contributed by atoms with Crippen molar-refractivity contribution in [3.05, 3.63) is 18.2 Å². The highest BCUT2D eigenvalue weighted by Crippen LogP contribution is 2.35. The van der Waals surface area contributed by atoms with Crippen molar-refractivity contribution in [1.82, 2.24) is 14.5 Å². The van der Waals surface area contributed by atoms with Gasteiger partial charge in [0.1, 0.15) is 6.54 Å². The molecule has 2 unspecified atom stereocenters. The third kappa shape index (κ3) is 3.14. The van der Waals surface area contributed by atoms with Crippen LogP contribution in [0.2, 0.25) is 0 Å². The summed E-state index contributed by atoms with van der Waals surface area (Å²) >= 11 is 0. The SMILES string of the molecule is CC(C)c1cn(CC(=O)N2CCCC3CCCCC32)cn1. The average molecular weight is 289 g/mol. The van der Waals surface area contributed by atoms with Gasteiger partial charge in [0.25, 0.3) is 0 Å². The molecule has 0 aromatic carbocycles. The Morgan fingerprint density at radius 3 is 2.81 bits per heavy atom. The predicted octanol–water partition coefficient (Wildman–Crippen LogP) is 3.19. The van der Waals surface area contributed by atoms with E-state index >= 15 is 0 Å². The summed E-state index contributed by atoms with van der Waals surface area (Å²) in [5.41, 5.74) is 1.07. The van der Waals surface area contributed by atoms with E-state index in [1.54, 1.807) is 6.33 Å². The van der Waals surface area contributed by atoms with E-state index in [1.807, 2.05) is 10.8 Å². The quantitative estimate of drug-likeness (QED) is 0.857. The summed E-state index contributed by atoms with van der Waals surface area (Å²) in [5, 5.41) is 0. The largest absolute Gasteiger partial charge is 0.338 e. The standard InChI is InChI=1S/C17H27N3O/c1-13(2)15-10-19(12-18-15)11-17(21)20-9-5-7-14-6-3-4-8-16(14)20/h10,12-14,16H,3-9,11H2,1-2H3. The summed E-state index contributed by atoms with van der Waals surface area (Å²) in [6, 6.07) is 0.507. The number of rotatable bonds is 3. The van der Waals surface area contributed by atoms with E-state index in [-0.39, 0.29) is 5.91 Å². The summed E-state index contributed by atoms with van der Waals surface area (Å²) in [6.45, 7) is 5.66. The summed E-state index contributed by atoms with van der Waals surface area (Å²) < 4.78 is 1.95. The van der Waals surface area contributed by atoms with E-state index in [0.29, 0.717) is 18.5 Å². The number of nitrogens with zero attached hydrogens (tertiary/aromatic N) is 3. The minimum absolute atomic E-state index is 0.277. The molecule has 1 aliphatic carbocycles. The van der Waals surface area contributed by atoms with E-state index < -0.39 is 0 Å². The fraction of sp³-hybridized carbons (Fsp3) is 0.765. The van der Waals surface area contributed by atoms with Gasteiger partial charge in [-0.15, -0.1) is 0 Å². The topological polar surface area (TPSA) is 38.1 Å². The van der Waals surface area contributed by atoms with Crippen molar-refractivity contribution in [2.24, 2.45) is 5.92 Å². The van der Waals surface area contributed by atoms with Gasteiger partial charge in [-0.25, -0.2) is 4.98 Å². The van der Waals surface area contributed by atoms with Crippen molar-refractivity contribution >= 4 is 5.91 Å². The molecular formula is C17H27N3O. The van der Waals surface area contributed by atoms with E-state index in [0.717, 1.165) is 18.2 Å². The van der Waals surface area contributed by atoms with Gasteiger partial charge in [-0.1, -0.05) is 26.7 Å². The molecule has 2 heterocycles. The normalized spacial score (nSPS) is 26.0. The van der Waals surface area contributed by atoms with Gasteiger partial charge in [0.05, 0.1) is 12.0 Å². The number of likely N-dealkylation sites (tertiary alicyclic amines) is 1. The smallest absolute Gasteiger partial charge is 0.242 e. The van der Waals surface area contributed by atoms with Crippen molar-refractivity contribution in [1.29, 1.82) is 0 Å². The van der Waals surface area contributed by atoms with E-state index in [9.17, 15) is 4.79 Å². The molecule has 1 saturated carbocycles. The Balaban J connectivity index is 1.66. The van der Waals surface area contributed by atoms with Crippen LogP contribution in [0, 0.1) is 5.92 Å². The molecular weight excluding hydrogens is 262 g/mol. The number of imidazole rings is 1. The second-order valence-electron chi connectivity index (χ2n) is 6.97. The van der Waals surface area contributed by atoms with Gasteiger partial charge in [0.15, 0.2) is 0 Å². The second-order valence-corrected chi connectivity index (χ2v) is 6.97. The fourth-order valence-corrected chi connectivity index (χ4v) is 3.94. The number of hydrogen-bond donors (Lipinski definition) is 0. The lowest BCUT2D eigenvalue weighted by Gasteiger charge is -2.44. The predicted molar refractivity (Wildman–Crippen MR) is 83.0 cm³/mol. The number of carbonyl (C=O) groups is 1. The molecule has 4 heteroatoms. The molecule has 21 heavy (non-hydrogen) atoms. The summed E-state index contributed by atoms with van der Waals surface area (Å²) in [6.07, 6.45) is 11.5. The van der Waals surface area contributed by atoms with Crippen LogP contribution in [0.25, 0.3) is 0 Å². The molecule has 1 amide bonds. The zero-order chi connectivity index (χ0) is 14.8. The summed E-state index contributed by atoms with van der Waals surface area (Å²) in [5.74, 6) is 1.45. The lowest BCUT2D eigenvalue weighted by Crippen LogP contribution is -2.50. The highest BCUT2D eigenvalue weighted by atomic mass is 16.2. The van der Waals surface area contributed by atoms with Crippen LogP contribution in [0.5, 0.6) is 0 Å². The van der Waals surface area contributed by atoms with Crippen LogP contribution in [-0.4, -0.2) is 32.9 Å². The third-order valence-electron chi connectivity index (χ3n) is 5.13. The highest BCUT2D eigenvalue weighted by Gasteiger charge is 2.35. The van der Waals surface area contributed by atoms with Crippen LogP contribution in [0.1, 0.15) is 64.0 Å². The number of carbonyl (C=O) groups excluding carboxylic acids is 1. The van der Waals surface area contributed by atoms with Gasteiger partial charge in [-0.2, -0.15) is 0 Å². The lowest BCUT2D eigenvalue weighted by atomic mass is 9.78. The fourth-order valence-electron chi connectivity index (χ4n) is 3.94. The van der Waals surface area contributed by atoms with Crippen LogP contribution >= 0.6 is 0 Å². The minimum Gasteiger partial charge on any atom is -0.338 e. The molecule has 1 aliphatic heterocycles. The molecule has 4 nitrogen and oxygen atoms in total. The van der Waals surface area contributed by atoms with Crippen molar-refractivity contribution in [3.8, 4) is 0 Å². The van der Waals surface area contributed by atoms with Crippen LogP contribution in [-0.2, 0) is 11.3 Å². The molecule has 2 aliphatic rings. The molecule has 116 valence electrons. The summed E-state index contributed by atoms with van der Waals surface area (Å²) in [4.78, 5) is 19.2. The Morgan fingerprint density at radius 1 is 1.29 bits per heavy atom. The Hall–Kier alpha value is -1.32. The maximum absolute atomic E-state index is 12.7. The molecule has 1 aromatic heterocycles. The maximum atomic E-state index is 12.7. The molecule has 0 spiro atoms. The van der Waals surface area contributed by atoms with Gasteiger partial charge < -0.3 is 9.47 Å². The Bertz CT molecular complexity index is 492. The first-order valence-corrected chi connectivity index (χ1v) is 8.46. The van der Waals surface area contributed by atoms with Gasteiger partial charge in [0, 0.05) is 18.8 Å². The highest BCUT2D eigenvalue weighted by molar-refractivity contribution is 5.76. The van der Waals surface area contributed by atoms with Crippen LogP contribution in [0.4, 0.5) is 0 Å². The van der Waals surface area contributed by atoms with Crippen molar-refractivity contribution in [2.45, 2.75) is 70.9 Å². The monoisotopic (exact) mass is 289 g/mol. The van der Waals surface area contributed by atoms with Crippen molar-refractivity contribution in [3.63, 3.8) is 0 Å². The second kappa shape index (κ2) is 6.20. The molecule has 2 atom stereocenters. The molecule has 0 bridgehead atoms. The molecule has 0 N–H and O–H groups in total. The van der Waals surface area contributed by atoms with Gasteiger partial charge in [-0.3, -0.25) is 4.79 Å². The number of amides is 1. The Labute approximate surface area is 127 Å². The third-order valence-corrected chi connectivity index (χ3v) is 5.13. The van der Waals surface area contributed by atoms with E-state index in [1.165, 1.54) is 38.5 Å². The Morgan fingerprint density at radius 2 is 2.05 bits per heavy atom. The number of aromatic nitrogens is 2. The van der Waals surface area contributed by atoms with E-state index in [4.69, 9.17) is 0 Å². The van der Waals surface area contributed by atoms with Crippen LogP contribution < -0.4 is 0 Å². The van der Waals surface area contributed by atoms with Crippen molar-refractivity contribution in [2.75, 3.05) is 6.54 Å². The number of piperidine rings is 1. The van der Waals surface area contributed by atoms with Gasteiger partial charge in [0.2, 0.25) is 5.91 Å². The molecule has 0 radical (unpaired) electrons. The van der Waals surface area contributed by atoms with Crippen molar-refractivity contribution < 1.29 is 4.79 Å². The zero-order valence-corrected chi connectivity index (χ0v) is 13.3. The lowest BCUT2D eigenvalue weighted by molar-refractivity contribution is -0.138. The number of hydrogen-bond acceptors (Lipinski definition) is 2. The molecule has 3 rings (SSSR count). The van der Waals surface area contributed by atoms with E-state index in [2.05, 4.69) is 23.7 Å². The maximum Gasteiger partial charge on any atom is 0.242 e. The first kappa shape index (κ1) is 14.6. The minimum atomic E-state index is 0.277. The average Bonchev–Trinajstić information content (AvgIpc) is 2.95. The molecule has 1 aromatic rings. The molecule has 1 saturated heterocycles. The summed E-state index contributed by atoms with van der Waals surface area (Å²) in [7, 11) is 0. The van der Waals surface area contributed by atoms with Crippen LogP contribution in [0.3, 0.4) is 0 Å². The first-order valence-electron chi connectivity index (χ1n) is 8.46. The Kier molecular flexibility index (Phi) is 4.32. The van der Waals surface area contributed by atoms with Gasteiger partial charge >= 0.3 is 0 Å². The first-order chi connectivity index (χ1) is 10.1. The van der Waals surface area contributed by atoms with Crippen LogP contribution in [0.15, 0.2) is 12.5 Å². The molecule has 2 fully saturated rings. The van der Waals surface area contributed by atoms with Gasteiger partial charge in [-0.05, 0) is 37.5 Å².